The predicted molar refractivity (Wildman–Crippen MR) is 136 cm³/mol. The van der Waals surface area contributed by atoms with Crippen molar-refractivity contribution in [3.05, 3.63) is 53.3 Å². The molecule has 0 saturated carbocycles. The van der Waals surface area contributed by atoms with Crippen LogP contribution in [-0.2, 0) is 4.74 Å². The number of azo groups is 1. The molecule has 3 heterocycles. The van der Waals surface area contributed by atoms with Gasteiger partial charge in [0.25, 0.3) is 0 Å². The highest BCUT2D eigenvalue weighted by molar-refractivity contribution is 5.95. The smallest absolute Gasteiger partial charge is 0.410 e. The molecule has 1 aromatic heterocycles. The molecule has 36 heavy (non-hydrogen) atoms. The van der Waals surface area contributed by atoms with Crippen molar-refractivity contribution < 1.29 is 24.2 Å². The molecule has 9 heteroatoms. The maximum atomic E-state index is 12.4. The molecule has 1 amide bonds. The summed E-state index contributed by atoms with van der Waals surface area (Å²) in [6, 6.07) is 10.6. The van der Waals surface area contributed by atoms with E-state index in [-0.39, 0.29) is 29.4 Å². The minimum absolute atomic E-state index is 0.0136. The number of phenols is 1. The van der Waals surface area contributed by atoms with Gasteiger partial charge in [0.1, 0.15) is 16.9 Å². The highest BCUT2D eigenvalue weighted by Gasteiger charge is 2.31. The average molecular weight is 491 g/mol. The highest BCUT2D eigenvalue weighted by Crippen LogP contribution is 2.44. The van der Waals surface area contributed by atoms with Crippen LogP contribution < -0.4 is 0 Å². The number of piperazine rings is 1. The number of amides is 1. The minimum atomic E-state index is -0.542. The molecule has 188 valence electrons. The van der Waals surface area contributed by atoms with Crippen molar-refractivity contribution >= 4 is 34.5 Å². The second kappa shape index (κ2) is 8.98. The lowest BCUT2D eigenvalue weighted by atomic mass is 10.0. The molecule has 2 N–H and O–H groups in total. The SMILES string of the molecule is CC(c1c(O)ccc2c(O)c(C=C3N=Nc4ccccc43)oc12)N1CCN(C(=O)OC(C)(C)C)CC1. The van der Waals surface area contributed by atoms with E-state index in [1.807, 2.05) is 52.0 Å². The summed E-state index contributed by atoms with van der Waals surface area (Å²) >= 11 is 0. The zero-order chi connectivity index (χ0) is 25.6. The first-order valence-corrected chi connectivity index (χ1v) is 12.0. The zero-order valence-corrected chi connectivity index (χ0v) is 20.9. The molecule has 1 atom stereocenters. The Morgan fingerprint density at radius 2 is 1.81 bits per heavy atom. The lowest BCUT2D eigenvalue weighted by molar-refractivity contribution is 0.0109. The topological polar surface area (TPSA) is 111 Å². The second-order valence-electron chi connectivity index (χ2n) is 10.1. The van der Waals surface area contributed by atoms with Crippen molar-refractivity contribution in [1.29, 1.82) is 0 Å². The molecule has 5 rings (SSSR count). The Hall–Kier alpha value is -3.85. The third kappa shape index (κ3) is 4.42. The number of nitrogens with zero attached hydrogens (tertiary/aromatic N) is 4. The first-order valence-electron chi connectivity index (χ1n) is 12.0. The van der Waals surface area contributed by atoms with Crippen molar-refractivity contribution in [2.75, 3.05) is 26.2 Å². The molecule has 3 aromatic rings. The Kier molecular flexibility index (Phi) is 5.96. The van der Waals surface area contributed by atoms with Crippen LogP contribution in [0.5, 0.6) is 11.5 Å². The largest absolute Gasteiger partial charge is 0.507 e. The van der Waals surface area contributed by atoms with E-state index in [4.69, 9.17) is 9.15 Å². The van der Waals surface area contributed by atoms with Crippen LogP contribution in [0.4, 0.5) is 10.5 Å². The maximum absolute atomic E-state index is 12.4. The fraction of sp³-hybridized carbons (Fsp3) is 0.370. The summed E-state index contributed by atoms with van der Waals surface area (Å²) in [5, 5.41) is 30.6. The van der Waals surface area contributed by atoms with Crippen LogP contribution in [0.1, 0.15) is 50.6 Å². The third-order valence-electron chi connectivity index (χ3n) is 6.52. The standard InChI is InChI=1S/C27H30N4O5/c1-16(30-11-13-31(14-12-30)26(34)36-27(2,3)4)23-21(32)10-9-18-24(33)22(35-25(18)23)15-20-17-7-5-6-8-19(17)28-29-20/h5-10,15-16,32-33H,11-14H2,1-4H3. The number of hydrogen-bond acceptors (Lipinski definition) is 8. The minimum Gasteiger partial charge on any atom is -0.507 e. The molecule has 2 aliphatic rings. The number of phenolic OH excluding ortho intramolecular Hbond substituents is 1. The van der Waals surface area contributed by atoms with Crippen LogP contribution in [0.25, 0.3) is 22.7 Å². The van der Waals surface area contributed by atoms with E-state index in [2.05, 4.69) is 15.1 Å². The normalized spacial score (nSPS) is 18.1. The molecule has 2 aliphatic heterocycles. The van der Waals surface area contributed by atoms with Gasteiger partial charge in [-0.05, 0) is 45.9 Å². The zero-order valence-electron chi connectivity index (χ0n) is 20.9. The number of fused-ring (bicyclic) bond motifs is 2. The van der Waals surface area contributed by atoms with Gasteiger partial charge < -0.3 is 24.3 Å². The van der Waals surface area contributed by atoms with Crippen LogP contribution in [-0.4, -0.2) is 57.9 Å². The van der Waals surface area contributed by atoms with Crippen LogP contribution in [0.2, 0.25) is 0 Å². The van der Waals surface area contributed by atoms with Crippen molar-refractivity contribution in [3.8, 4) is 11.5 Å². The van der Waals surface area contributed by atoms with E-state index in [0.717, 1.165) is 11.3 Å². The molecular weight excluding hydrogens is 460 g/mol. The fourth-order valence-electron chi connectivity index (χ4n) is 4.65. The first kappa shape index (κ1) is 23.9. The fourth-order valence-corrected chi connectivity index (χ4v) is 4.65. The van der Waals surface area contributed by atoms with E-state index in [1.54, 1.807) is 23.1 Å². The van der Waals surface area contributed by atoms with Gasteiger partial charge in [0, 0.05) is 43.9 Å². The second-order valence-corrected chi connectivity index (χ2v) is 10.1. The average Bonchev–Trinajstić information content (AvgIpc) is 3.39. The summed E-state index contributed by atoms with van der Waals surface area (Å²) in [5.41, 5.74) is 2.68. The Bertz CT molecular complexity index is 1380. The lowest BCUT2D eigenvalue weighted by Gasteiger charge is -2.38. The van der Waals surface area contributed by atoms with E-state index in [1.165, 1.54) is 0 Å². The number of ether oxygens (including phenoxy) is 1. The van der Waals surface area contributed by atoms with Gasteiger partial charge in [0.2, 0.25) is 0 Å². The van der Waals surface area contributed by atoms with Gasteiger partial charge in [-0.15, -0.1) is 10.2 Å². The van der Waals surface area contributed by atoms with Crippen LogP contribution in [0.3, 0.4) is 0 Å². The van der Waals surface area contributed by atoms with E-state index in [9.17, 15) is 15.0 Å². The molecule has 0 spiro atoms. The van der Waals surface area contributed by atoms with Crippen molar-refractivity contribution in [1.82, 2.24) is 9.80 Å². The Balaban J connectivity index is 1.41. The number of carbonyl (C=O) groups is 1. The summed E-state index contributed by atoms with van der Waals surface area (Å²) in [6.45, 7) is 9.78. The van der Waals surface area contributed by atoms with Crippen molar-refractivity contribution in [2.45, 2.75) is 39.3 Å². The van der Waals surface area contributed by atoms with Crippen molar-refractivity contribution in [2.24, 2.45) is 10.2 Å². The summed E-state index contributed by atoms with van der Waals surface area (Å²) in [5.74, 6) is 0.327. The molecule has 2 aromatic carbocycles. The maximum Gasteiger partial charge on any atom is 0.410 e. The number of furan rings is 1. The Morgan fingerprint density at radius 3 is 2.53 bits per heavy atom. The van der Waals surface area contributed by atoms with E-state index in [0.29, 0.717) is 48.4 Å². The highest BCUT2D eigenvalue weighted by atomic mass is 16.6. The number of aromatic hydroxyl groups is 2. The Morgan fingerprint density at radius 1 is 1.08 bits per heavy atom. The van der Waals surface area contributed by atoms with Crippen LogP contribution in [0.15, 0.2) is 51.0 Å². The molecular formula is C27H30N4O5. The predicted octanol–water partition coefficient (Wildman–Crippen LogP) is 6.05. The number of benzene rings is 2. The molecule has 0 radical (unpaired) electrons. The van der Waals surface area contributed by atoms with E-state index >= 15 is 0 Å². The van der Waals surface area contributed by atoms with Gasteiger partial charge in [0.05, 0.1) is 22.3 Å². The van der Waals surface area contributed by atoms with Gasteiger partial charge in [-0.2, -0.15) is 0 Å². The third-order valence-corrected chi connectivity index (χ3v) is 6.52. The molecule has 1 fully saturated rings. The molecule has 0 bridgehead atoms. The monoisotopic (exact) mass is 490 g/mol. The molecule has 1 unspecified atom stereocenters. The number of hydrogen-bond donors (Lipinski definition) is 2. The summed E-state index contributed by atoms with van der Waals surface area (Å²) in [7, 11) is 0. The summed E-state index contributed by atoms with van der Waals surface area (Å²) in [6.07, 6.45) is 1.34. The van der Waals surface area contributed by atoms with Gasteiger partial charge >= 0.3 is 6.09 Å². The van der Waals surface area contributed by atoms with Crippen LogP contribution in [0, 0.1) is 0 Å². The Labute approximate surface area is 209 Å². The molecule has 9 nitrogen and oxygen atoms in total. The molecule has 0 aliphatic carbocycles. The van der Waals surface area contributed by atoms with Gasteiger partial charge in [-0.3, -0.25) is 4.90 Å². The van der Waals surface area contributed by atoms with Crippen LogP contribution >= 0.6 is 0 Å². The van der Waals surface area contributed by atoms with Gasteiger partial charge in [-0.1, -0.05) is 18.2 Å². The van der Waals surface area contributed by atoms with E-state index < -0.39 is 5.60 Å². The number of rotatable bonds is 3. The quantitative estimate of drug-likeness (QED) is 0.462. The van der Waals surface area contributed by atoms with Gasteiger partial charge in [-0.25, -0.2) is 4.79 Å². The first-order chi connectivity index (χ1) is 17.1. The summed E-state index contributed by atoms with van der Waals surface area (Å²) < 4.78 is 11.6. The van der Waals surface area contributed by atoms with Crippen molar-refractivity contribution in [3.63, 3.8) is 0 Å². The summed E-state index contributed by atoms with van der Waals surface area (Å²) in [4.78, 5) is 16.3. The number of carbonyl (C=O) groups excluding carboxylic acids is 1. The van der Waals surface area contributed by atoms with Gasteiger partial charge in [0.15, 0.2) is 11.5 Å². The molecule has 1 saturated heterocycles. The lowest BCUT2D eigenvalue weighted by Crippen LogP contribution is -2.50.